The maximum Gasteiger partial charge on any atom is 0.192 e. The summed E-state index contributed by atoms with van der Waals surface area (Å²) in [6, 6.07) is 7.03. The molecule has 138 valence electrons. The maximum absolute atomic E-state index is 14.4. The highest BCUT2D eigenvalue weighted by molar-refractivity contribution is 8.00. The summed E-state index contributed by atoms with van der Waals surface area (Å²) in [6.45, 7) is 0. The topological polar surface area (TPSA) is 47.8 Å². The molecular weight excluding hydrogens is 349 g/mol. The standard InChI is InChI=1S/C20H24FN3OS/c21-16-11-5-4-10-15(16)19-22-23-20(24(19)14-8-2-1-3-9-14)26-18-13-7-6-12-17(18)25/h4-5,10-11,14,18H,1-3,6-9,12-13H2/t18-/m0/s1. The number of hydrogen-bond acceptors (Lipinski definition) is 4. The van der Waals surface area contributed by atoms with Crippen molar-refractivity contribution in [1.29, 1.82) is 0 Å². The molecule has 26 heavy (non-hydrogen) atoms. The van der Waals surface area contributed by atoms with E-state index in [0.717, 1.165) is 37.3 Å². The number of carbonyl (C=O) groups excluding carboxylic acids is 1. The van der Waals surface area contributed by atoms with Crippen LogP contribution < -0.4 is 0 Å². The van der Waals surface area contributed by atoms with E-state index in [4.69, 9.17) is 0 Å². The van der Waals surface area contributed by atoms with E-state index in [1.165, 1.54) is 37.1 Å². The van der Waals surface area contributed by atoms with E-state index in [1.54, 1.807) is 12.1 Å². The Balaban J connectivity index is 1.71. The predicted octanol–water partition coefficient (Wildman–Crippen LogP) is 5.19. The van der Waals surface area contributed by atoms with E-state index in [-0.39, 0.29) is 17.1 Å². The Morgan fingerprint density at radius 3 is 2.54 bits per heavy atom. The largest absolute Gasteiger partial charge is 0.299 e. The average molecular weight is 373 g/mol. The summed E-state index contributed by atoms with van der Waals surface area (Å²) in [7, 11) is 0. The number of benzene rings is 1. The van der Waals surface area contributed by atoms with Crippen molar-refractivity contribution in [2.24, 2.45) is 0 Å². The van der Waals surface area contributed by atoms with Crippen LogP contribution >= 0.6 is 11.8 Å². The van der Waals surface area contributed by atoms with Crippen molar-refractivity contribution in [2.45, 2.75) is 74.2 Å². The molecule has 0 saturated heterocycles. The quantitative estimate of drug-likeness (QED) is 0.740. The van der Waals surface area contributed by atoms with Crippen molar-refractivity contribution < 1.29 is 9.18 Å². The number of hydrogen-bond donors (Lipinski definition) is 0. The minimum absolute atomic E-state index is 0.0382. The fourth-order valence-corrected chi connectivity index (χ4v) is 5.28. The molecule has 2 fully saturated rings. The monoisotopic (exact) mass is 373 g/mol. The second-order valence-electron chi connectivity index (χ2n) is 7.27. The number of thioether (sulfide) groups is 1. The predicted molar refractivity (Wildman–Crippen MR) is 101 cm³/mol. The van der Waals surface area contributed by atoms with Gasteiger partial charge in [-0.2, -0.15) is 0 Å². The number of rotatable bonds is 4. The van der Waals surface area contributed by atoms with Gasteiger partial charge in [-0.3, -0.25) is 9.36 Å². The Kier molecular flexibility index (Phi) is 5.38. The first-order valence-corrected chi connectivity index (χ1v) is 10.5. The van der Waals surface area contributed by atoms with Crippen LogP contribution in [0.25, 0.3) is 11.4 Å². The second-order valence-corrected chi connectivity index (χ2v) is 8.44. The summed E-state index contributed by atoms with van der Waals surface area (Å²) < 4.78 is 16.5. The SMILES string of the molecule is O=C1CCCC[C@@H]1Sc1nnc(-c2ccccc2F)n1C1CCCCC1. The van der Waals surface area contributed by atoms with Gasteiger partial charge in [-0.05, 0) is 37.8 Å². The lowest BCUT2D eigenvalue weighted by molar-refractivity contribution is -0.119. The Morgan fingerprint density at radius 1 is 1.00 bits per heavy atom. The van der Waals surface area contributed by atoms with Crippen LogP contribution in [-0.4, -0.2) is 25.8 Å². The third-order valence-electron chi connectivity index (χ3n) is 5.47. The van der Waals surface area contributed by atoms with Crippen molar-refractivity contribution in [1.82, 2.24) is 14.8 Å². The van der Waals surface area contributed by atoms with Crippen LogP contribution in [0, 0.1) is 5.82 Å². The van der Waals surface area contributed by atoms with E-state index < -0.39 is 0 Å². The van der Waals surface area contributed by atoms with Gasteiger partial charge in [-0.25, -0.2) is 4.39 Å². The zero-order valence-electron chi connectivity index (χ0n) is 14.9. The summed E-state index contributed by atoms with van der Waals surface area (Å²) in [5.74, 6) is 0.634. The second kappa shape index (κ2) is 7.91. The minimum atomic E-state index is -0.276. The molecule has 0 aliphatic heterocycles. The lowest BCUT2D eigenvalue weighted by atomic mass is 9.95. The van der Waals surface area contributed by atoms with Crippen LogP contribution in [0.2, 0.25) is 0 Å². The van der Waals surface area contributed by atoms with Crippen molar-refractivity contribution in [3.63, 3.8) is 0 Å². The third-order valence-corrected chi connectivity index (χ3v) is 6.74. The number of ketones is 1. The maximum atomic E-state index is 14.4. The van der Waals surface area contributed by atoms with E-state index >= 15 is 0 Å². The molecule has 0 radical (unpaired) electrons. The van der Waals surface area contributed by atoms with Gasteiger partial charge in [0.1, 0.15) is 11.6 Å². The zero-order chi connectivity index (χ0) is 17.9. The Bertz CT molecular complexity index is 785. The summed E-state index contributed by atoms with van der Waals surface area (Å²) in [4.78, 5) is 12.3. The van der Waals surface area contributed by atoms with Crippen LogP contribution in [0.5, 0.6) is 0 Å². The zero-order valence-corrected chi connectivity index (χ0v) is 15.7. The van der Waals surface area contributed by atoms with Gasteiger partial charge < -0.3 is 0 Å². The lowest BCUT2D eigenvalue weighted by Gasteiger charge is -2.27. The normalized spacial score (nSPS) is 21.9. The molecule has 2 aliphatic rings. The molecule has 1 heterocycles. The van der Waals surface area contributed by atoms with Gasteiger partial charge >= 0.3 is 0 Å². The average Bonchev–Trinajstić information content (AvgIpc) is 3.08. The van der Waals surface area contributed by atoms with Crippen LogP contribution in [-0.2, 0) is 4.79 Å². The molecule has 6 heteroatoms. The fraction of sp³-hybridized carbons (Fsp3) is 0.550. The summed E-state index contributed by atoms with van der Waals surface area (Å²) in [5, 5.41) is 9.48. The molecule has 1 aromatic carbocycles. The number of nitrogens with zero attached hydrogens (tertiary/aromatic N) is 3. The third kappa shape index (κ3) is 3.56. The molecule has 0 bridgehead atoms. The summed E-state index contributed by atoms with van der Waals surface area (Å²) >= 11 is 1.53. The highest BCUT2D eigenvalue weighted by Crippen LogP contribution is 2.38. The van der Waals surface area contributed by atoms with E-state index in [0.29, 0.717) is 23.6 Å². The van der Waals surface area contributed by atoms with Crippen molar-refractivity contribution in [3.05, 3.63) is 30.1 Å². The Hall–Kier alpha value is -1.69. The first kappa shape index (κ1) is 17.7. The van der Waals surface area contributed by atoms with Gasteiger partial charge in [-0.1, -0.05) is 49.6 Å². The van der Waals surface area contributed by atoms with E-state index in [1.807, 2.05) is 6.07 Å². The Morgan fingerprint density at radius 2 is 1.77 bits per heavy atom. The van der Waals surface area contributed by atoms with Gasteiger partial charge in [-0.15, -0.1) is 10.2 Å². The number of carbonyl (C=O) groups is 1. The highest BCUT2D eigenvalue weighted by atomic mass is 32.2. The Labute approximate surface area is 157 Å². The molecular formula is C20H24FN3OS. The van der Waals surface area contributed by atoms with E-state index in [9.17, 15) is 9.18 Å². The molecule has 2 saturated carbocycles. The fourth-order valence-electron chi connectivity index (χ4n) is 4.05. The van der Waals surface area contributed by atoms with Gasteiger partial charge in [0, 0.05) is 12.5 Å². The van der Waals surface area contributed by atoms with Crippen LogP contribution in [0.1, 0.15) is 63.8 Å². The molecule has 0 unspecified atom stereocenters. The molecule has 4 rings (SSSR count). The van der Waals surface area contributed by atoms with Crippen LogP contribution in [0.4, 0.5) is 4.39 Å². The minimum Gasteiger partial charge on any atom is -0.299 e. The first-order chi connectivity index (χ1) is 12.7. The highest BCUT2D eigenvalue weighted by Gasteiger charge is 2.29. The van der Waals surface area contributed by atoms with Crippen LogP contribution in [0.3, 0.4) is 0 Å². The molecule has 1 atom stereocenters. The smallest absolute Gasteiger partial charge is 0.192 e. The molecule has 0 N–H and O–H groups in total. The van der Waals surface area contributed by atoms with Gasteiger partial charge in [0.2, 0.25) is 0 Å². The number of halogens is 1. The summed E-state index contributed by atoms with van der Waals surface area (Å²) in [5.41, 5.74) is 0.493. The molecule has 4 nitrogen and oxygen atoms in total. The van der Waals surface area contributed by atoms with Crippen LogP contribution in [0.15, 0.2) is 29.4 Å². The lowest BCUT2D eigenvalue weighted by Crippen LogP contribution is -2.23. The van der Waals surface area contributed by atoms with Crippen molar-refractivity contribution in [3.8, 4) is 11.4 Å². The van der Waals surface area contributed by atoms with E-state index in [2.05, 4.69) is 14.8 Å². The van der Waals surface area contributed by atoms with Gasteiger partial charge in [0.15, 0.2) is 11.0 Å². The first-order valence-electron chi connectivity index (χ1n) is 9.63. The van der Waals surface area contributed by atoms with Gasteiger partial charge in [0.25, 0.3) is 0 Å². The number of aromatic nitrogens is 3. The molecule has 0 spiro atoms. The summed E-state index contributed by atoms with van der Waals surface area (Å²) in [6.07, 6.45) is 9.35. The molecule has 1 aromatic heterocycles. The van der Waals surface area contributed by atoms with Gasteiger partial charge in [0.05, 0.1) is 10.8 Å². The molecule has 0 amide bonds. The molecule has 2 aromatic rings. The molecule has 2 aliphatic carbocycles. The van der Waals surface area contributed by atoms with Crippen molar-refractivity contribution >= 4 is 17.5 Å². The van der Waals surface area contributed by atoms with Crippen molar-refractivity contribution in [2.75, 3.05) is 0 Å². The number of Topliss-reactive ketones (excluding diaryl/α,β-unsaturated/α-hetero) is 1.